The van der Waals surface area contributed by atoms with Gasteiger partial charge in [0, 0.05) is 75.9 Å². The second-order valence-corrected chi connectivity index (χ2v) is 12.3. The average molecular weight is 631 g/mol. The summed E-state index contributed by atoms with van der Waals surface area (Å²) in [5.41, 5.74) is 9.89. The topological polar surface area (TPSA) is 166 Å². The molecule has 0 radical (unpaired) electrons. The number of rotatable bonds is 6. The molecule has 0 aliphatic carbocycles. The summed E-state index contributed by atoms with van der Waals surface area (Å²) in [7, 11) is 0. The Balaban J connectivity index is 1.06. The molecule has 2 saturated heterocycles. The molecule has 3 aromatic rings. The summed E-state index contributed by atoms with van der Waals surface area (Å²) in [4.78, 5) is 60.0. The summed E-state index contributed by atoms with van der Waals surface area (Å²) in [6, 6.07) is 11.3. The van der Waals surface area contributed by atoms with Crippen molar-refractivity contribution in [1.29, 1.82) is 0 Å². The van der Waals surface area contributed by atoms with E-state index in [2.05, 4.69) is 20.4 Å². The van der Waals surface area contributed by atoms with E-state index in [0.29, 0.717) is 69.7 Å². The summed E-state index contributed by atoms with van der Waals surface area (Å²) < 4.78 is 11.4. The van der Waals surface area contributed by atoms with Gasteiger partial charge in [0.25, 0.3) is 11.8 Å². The lowest BCUT2D eigenvalue weighted by Crippen LogP contribution is -2.52. The van der Waals surface area contributed by atoms with Crippen LogP contribution in [0.5, 0.6) is 0 Å². The largest absolute Gasteiger partial charge is 0.436 e. The van der Waals surface area contributed by atoms with Crippen LogP contribution in [0.1, 0.15) is 40.0 Å². The maximum Gasteiger partial charge on any atom is 0.410 e. The first-order valence-electron chi connectivity index (χ1n) is 15.8. The van der Waals surface area contributed by atoms with Crippen molar-refractivity contribution in [2.75, 3.05) is 57.8 Å². The molecule has 7 rings (SSSR count). The molecule has 5 amide bonds. The third-order valence-corrected chi connectivity index (χ3v) is 9.57. The van der Waals surface area contributed by atoms with Crippen LogP contribution >= 0.6 is 0 Å². The Hall–Kier alpha value is -4.69. The number of hydrogen-bond acceptors (Lipinski definition) is 8. The Bertz CT molecular complexity index is 1660. The number of likely N-dealkylation sites (tertiary alicyclic amines) is 1. The number of nitrogens with one attached hydrogen (secondary N) is 2. The van der Waals surface area contributed by atoms with E-state index in [1.165, 1.54) is 0 Å². The Morgan fingerprint density at radius 3 is 2.54 bits per heavy atom. The van der Waals surface area contributed by atoms with Crippen molar-refractivity contribution in [3.63, 3.8) is 0 Å². The maximum atomic E-state index is 14.0. The monoisotopic (exact) mass is 630 g/mol. The van der Waals surface area contributed by atoms with Gasteiger partial charge < -0.3 is 35.2 Å². The number of amides is 5. The van der Waals surface area contributed by atoms with Crippen molar-refractivity contribution >= 4 is 40.5 Å². The van der Waals surface area contributed by atoms with Gasteiger partial charge in [0.05, 0.1) is 18.7 Å². The Labute approximate surface area is 265 Å². The highest BCUT2D eigenvalue weighted by atomic mass is 16.6. The van der Waals surface area contributed by atoms with Crippen LogP contribution in [0.2, 0.25) is 0 Å². The predicted molar refractivity (Wildman–Crippen MR) is 167 cm³/mol. The van der Waals surface area contributed by atoms with Gasteiger partial charge in [-0.2, -0.15) is 5.10 Å². The maximum absolute atomic E-state index is 14.0. The average Bonchev–Trinajstić information content (AvgIpc) is 3.46. The first-order valence-corrected chi connectivity index (χ1v) is 15.8. The summed E-state index contributed by atoms with van der Waals surface area (Å²) in [6.45, 7) is 5.45. The molecule has 14 heteroatoms. The van der Waals surface area contributed by atoms with Gasteiger partial charge in [-0.25, -0.2) is 9.59 Å². The molecule has 1 unspecified atom stereocenters. The smallest absolute Gasteiger partial charge is 0.410 e. The quantitative estimate of drug-likeness (QED) is 0.371. The van der Waals surface area contributed by atoms with E-state index in [0.717, 1.165) is 35.5 Å². The normalized spacial score (nSPS) is 21.0. The first kappa shape index (κ1) is 30.0. The van der Waals surface area contributed by atoms with Gasteiger partial charge >= 0.3 is 12.1 Å². The highest BCUT2D eigenvalue weighted by Crippen LogP contribution is 2.31. The molecule has 4 aliphatic heterocycles. The SMILES string of the molecule is NC(=O)c1n[nH]c2ccc3c(c12)CN(CCN1CCOCC1)C(=O)C(OC(=O)N1CCC(N2Cc4ccccc4NC2=O)CC1)C3. The number of hydrogen-bond donors (Lipinski definition) is 3. The second-order valence-electron chi connectivity index (χ2n) is 12.3. The molecule has 1 aromatic heterocycles. The number of aromatic amines is 1. The van der Waals surface area contributed by atoms with Crippen molar-refractivity contribution in [1.82, 2.24) is 29.8 Å². The number of urea groups is 1. The molecule has 14 nitrogen and oxygen atoms in total. The summed E-state index contributed by atoms with van der Waals surface area (Å²) in [6.07, 6.45) is -0.221. The number of H-pyrrole nitrogens is 1. The van der Waals surface area contributed by atoms with E-state index in [9.17, 15) is 19.2 Å². The number of nitrogens with zero attached hydrogens (tertiary/aromatic N) is 5. The van der Waals surface area contributed by atoms with Crippen LogP contribution < -0.4 is 11.1 Å². The fourth-order valence-corrected chi connectivity index (χ4v) is 6.98. The first-order chi connectivity index (χ1) is 22.4. The molecule has 5 heterocycles. The molecule has 1 atom stereocenters. The van der Waals surface area contributed by atoms with Crippen LogP contribution in [-0.4, -0.2) is 118 Å². The van der Waals surface area contributed by atoms with E-state index >= 15 is 0 Å². The van der Waals surface area contributed by atoms with E-state index in [1.807, 2.05) is 35.2 Å². The number of benzene rings is 2. The van der Waals surface area contributed by atoms with Crippen molar-refractivity contribution < 1.29 is 28.7 Å². The summed E-state index contributed by atoms with van der Waals surface area (Å²) in [5, 5.41) is 10.6. The fraction of sp³-hybridized carbons (Fsp3) is 0.469. The molecule has 2 fully saturated rings. The number of nitrogens with two attached hydrogens (primary N) is 1. The molecule has 4 N–H and O–H groups in total. The number of para-hydroxylation sites is 1. The molecule has 2 aromatic carbocycles. The molecule has 0 saturated carbocycles. The zero-order chi connectivity index (χ0) is 31.8. The van der Waals surface area contributed by atoms with Gasteiger partial charge in [-0.05, 0) is 41.7 Å². The van der Waals surface area contributed by atoms with Crippen molar-refractivity contribution in [2.24, 2.45) is 5.73 Å². The molecule has 0 bridgehead atoms. The highest BCUT2D eigenvalue weighted by Gasteiger charge is 2.37. The minimum absolute atomic E-state index is 0.0173. The van der Waals surface area contributed by atoms with Gasteiger partial charge in [-0.15, -0.1) is 0 Å². The molecule has 0 spiro atoms. The van der Waals surface area contributed by atoms with E-state index in [1.54, 1.807) is 15.9 Å². The number of piperidine rings is 1. The number of fused-ring (bicyclic) bond motifs is 4. The molecular formula is C32H38N8O6. The molecule has 46 heavy (non-hydrogen) atoms. The number of primary amides is 1. The van der Waals surface area contributed by atoms with E-state index < -0.39 is 18.1 Å². The van der Waals surface area contributed by atoms with E-state index in [-0.39, 0.29) is 36.6 Å². The fourth-order valence-electron chi connectivity index (χ4n) is 6.98. The van der Waals surface area contributed by atoms with Crippen LogP contribution in [0.15, 0.2) is 36.4 Å². The summed E-state index contributed by atoms with van der Waals surface area (Å²) in [5.74, 6) is -0.943. The lowest BCUT2D eigenvalue weighted by molar-refractivity contribution is -0.141. The zero-order valence-corrected chi connectivity index (χ0v) is 25.6. The number of carbonyl (C=O) groups excluding carboxylic acids is 4. The van der Waals surface area contributed by atoms with Crippen molar-refractivity contribution in [3.05, 3.63) is 58.8 Å². The predicted octanol–water partition coefficient (Wildman–Crippen LogP) is 1.90. The minimum atomic E-state index is -1.04. The summed E-state index contributed by atoms with van der Waals surface area (Å²) >= 11 is 0. The lowest BCUT2D eigenvalue weighted by Gasteiger charge is -2.40. The zero-order valence-electron chi connectivity index (χ0n) is 25.6. The number of anilines is 1. The van der Waals surface area contributed by atoms with Crippen LogP contribution in [0.4, 0.5) is 15.3 Å². The van der Waals surface area contributed by atoms with Crippen LogP contribution in [-0.2, 0) is 33.8 Å². The third kappa shape index (κ3) is 5.85. The second kappa shape index (κ2) is 12.6. The van der Waals surface area contributed by atoms with Gasteiger partial charge in [-0.1, -0.05) is 24.3 Å². The van der Waals surface area contributed by atoms with Crippen LogP contribution in [0.3, 0.4) is 0 Å². The standard InChI is InChI=1S/C32H38N8O6/c33-29(41)28-27-23-19-39(12-11-37-13-15-45-16-14-37)30(42)26(17-20(23)5-6-25(27)35-36-28)46-32(44)38-9-7-22(8-10-38)40-18-21-3-1-2-4-24(21)34-31(40)43/h1-6,22,26H,7-19H2,(H2,33,41)(H,34,43)(H,35,36). The van der Waals surface area contributed by atoms with Crippen LogP contribution in [0.25, 0.3) is 10.9 Å². The van der Waals surface area contributed by atoms with Gasteiger partial charge in [0.2, 0.25) is 0 Å². The molecular weight excluding hydrogens is 592 g/mol. The highest BCUT2D eigenvalue weighted by molar-refractivity contribution is 6.05. The number of carbonyl (C=O) groups is 4. The number of ether oxygens (including phenoxy) is 2. The van der Waals surface area contributed by atoms with Gasteiger partial charge in [-0.3, -0.25) is 19.6 Å². The van der Waals surface area contributed by atoms with E-state index in [4.69, 9.17) is 15.2 Å². The number of aromatic nitrogens is 2. The Morgan fingerprint density at radius 1 is 0.978 bits per heavy atom. The minimum Gasteiger partial charge on any atom is -0.436 e. The van der Waals surface area contributed by atoms with Crippen molar-refractivity contribution in [2.45, 2.75) is 44.5 Å². The molecule has 4 aliphatic rings. The number of morpholine rings is 1. The Kier molecular flexibility index (Phi) is 8.21. The van der Waals surface area contributed by atoms with Crippen LogP contribution in [0, 0.1) is 0 Å². The molecule has 242 valence electrons. The van der Waals surface area contributed by atoms with Gasteiger partial charge in [0.15, 0.2) is 11.8 Å². The van der Waals surface area contributed by atoms with Crippen molar-refractivity contribution in [3.8, 4) is 0 Å². The lowest BCUT2D eigenvalue weighted by atomic mass is 9.98. The third-order valence-electron chi connectivity index (χ3n) is 9.57. The Morgan fingerprint density at radius 2 is 1.76 bits per heavy atom. The van der Waals surface area contributed by atoms with Gasteiger partial charge in [0.1, 0.15) is 0 Å².